The van der Waals surface area contributed by atoms with Gasteiger partial charge in [-0.05, 0) is 35.2 Å². The molecule has 1 aliphatic rings. The summed E-state index contributed by atoms with van der Waals surface area (Å²) in [6.45, 7) is 2.93. The summed E-state index contributed by atoms with van der Waals surface area (Å²) in [5, 5.41) is 0.790. The van der Waals surface area contributed by atoms with E-state index >= 15 is 0 Å². The van der Waals surface area contributed by atoms with Crippen LogP contribution < -0.4 is 0 Å². The highest BCUT2D eigenvalue weighted by molar-refractivity contribution is 6.30. The molecule has 24 heavy (non-hydrogen) atoms. The Bertz CT molecular complexity index is 796. The minimum atomic E-state index is 0.361. The third kappa shape index (κ3) is 3.23. The second-order valence-electron chi connectivity index (χ2n) is 6.32. The van der Waals surface area contributed by atoms with Crippen LogP contribution in [0.5, 0.6) is 0 Å². The molecule has 3 nitrogen and oxygen atoms in total. The van der Waals surface area contributed by atoms with Gasteiger partial charge in [0.2, 0.25) is 0 Å². The molecule has 0 saturated heterocycles. The van der Waals surface area contributed by atoms with Crippen LogP contribution in [0.25, 0.3) is 0 Å². The van der Waals surface area contributed by atoms with Gasteiger partial charge >= 0.3 is 0 Å². The SMILES string of the molecule is Clc1ccc(CN2CCc3ccccc3C2Cn2ccnc2)cc1. The Morgan fingerprint density at radius 2 is 1.92 bits per heavy atom. The van der Waals surface area contributed by atoms with E-state index in [1.54, 1.807) is 0 Å². The van der Waals surface area contributed by atoms with Crippen LogP contribution in [0.4, 0.5) is 0 Å². The van der Waals surface area contributed by atoms with Crippen molar-refractivity contribution in [3.63, 3.8) is 0 Å². The van der Waals surface area contributed by atoms with E-state index in [1.165, 1.54) is 16.7 Å². The molecule has 3 aromatic rings. The molecule has 0 aliphatic carbocycles. The topological polar surface area (TPSA) is 21.1 Å². The number of nitrogens with zero attached hydrogens (tertiary/aromatic N) is 3. The van der Waals surface area contributed by atoms with Crippen LogP contribution in [0.2, 0.25) is 5.02 Å². The monoisotopic (exact) mass is 337 g/mol. The summed E-state index contributed by atoms with van der Waals surface area (Å²) in [5.41, 5.74) is 4.20. The Morgan fingerprint density at radius 1 is 1.08 bits per heavy atom. The Hall–Kier alpha value is -2.10. The molecule has 1 aliphatic heterocycles. The minimum Gasteiger partial charge on any atom is -0.336 e. The number of hydrogen-bond acceptors (Lipinski definition) is 2. The quantitative estimate of drug-likeness (QED) is 0.706. The number of benzene rings is 2. The van der Waals surface area contributed by atoms with Gasteiger partial charge in [0.15, 0.2) is 0 Å². The molecule has 0 saturated carbocycles. The van der Waals surface area contributed by atoms with E-state index in [0.717, 1.165) is 31.1 Å². The van der Waals surface area contributed by atoms with Crippen LogP contribution >= 0.6 is 11.6 Å². The van der Waals surface area contributed by atoms with E-state index in [9.17, 15) is 0 Å². The Morgan fingerprint density at radius 3 is 2.71 bits per heavy atom. The minimum absolute atomic E-state index is 0.361. The lowest BCUT2D eigenvalue weighted by molar-refractivity contribution is 0.158. The van der Waals surface area contributed by atoms with E-state index in [-0.39, 0.29) is 0 Å². The van der Waals surface area contributed by atoms with Gasteiger partial charge in [-0.2, -0.15) is 0 Å². The highest BCUT2D eigenvalue weighted by atomic mass is 35.5. The molecule has 4 rings (SSSR count). The molecule has 4 heteroatoms. The number of fused-ring (bicyclic) bond motifs is 1. The average molecular weight is 338 g/mol. The maximum atomic E-state index is 6.02. The standard InChI is InChI=1S/C20H20ClN3/c21-18-7-5-16(6-8-18)13-24-11-9-17-3-1-2-4-19(17)20(24)14-23-12-10-22-15-23/h1-8,10,12,15,20H,9,11,13-14H2. The van der Waals surface area contributed by atoms with Crippen molar-refractivity contribution in [1.29, 1.82) is 0 Å². The first kappa shape index (κ1) is 15.4. The predicted molar refractivity (Wildman–Crippen MR) is 97.0 cm³/mol. The summed E-state index contributed by atoms with van der Waals surface area (Å²) in [6.07, 6.45) is 6.89. The summed E-state index contributed by atoms with van der Waals surface area (Å²) in [4.78, 5) is 6.75. The van der Waals surface area contributed by atoms with Gasteiger partial charge in [0.1, 0.15) is 0 Å². The smallest absolute Gasteiger partial charge is 0.0946 e. The molecule has 1 aromatic heterocycles. The van der Waals surface area contributed by atoms with E-state index in [1.807, 2.05) is 30.9 Å². The van der Waals surface area contributed by atoms with Crippen LogP contribution in [-0.4, -0.2) is 21.0 Å². The van der Waals surface area contributed by atoms with E-state index in [4.69, 9.17) is 11.6 Å². The van der Waals surface area contributed by atoms with E-state index in [2.05, 4.69) is 50.8 Å². The van der Waals surface area contributed by atoms with Crippen LogP contribution in [0.3, 0.4) is 0 Å². The molecule has 0 bridgehead atoms. The number of imidazole rings is 1. The molecule has 1 unspecified atom stereocenters. The summed E-state index contributed by atoms with van der Waals surface area (Å²) in [6, 6.07) is 17.4. The lowest BCUT2D eigenvalue weighted by Crippen LogP contribution is -2.37. The molecule has 0 radical (unpaired) electrons. The van der Waals surface area contributed by atoms with Crippen molar-refractivity contribution in [3.8, 4) is 0 Å². The first-order valence-corrected chi connectivity index (χ1v) is 8.69. The Balaban J connectivity index is 1.63. The molecule has 122 valence electrons. The van der Waals surface area contributed by atoms with Gasteiger partial charge < -0.3 is 4.57 Å². The van der Waals surface area contributed by atoms with Crippen LogP contribution in [0.1, 0.15) is 22.7 Å². The van der Waals surface area contributed by atoms with Gasteiger partial charge in [0.05, 0.1) is 12.4 Å². The summed E-state index contributed by atoms with van der Waals surface area (Å²) >= 11 is 6.02. The summed E-state index contributed by atoms with van der Waals surface area (Å²) in [7, 11) is 0. The van der Waals surface area contributed by atoms with Gasteiger partial charge in [0, 0.05) is 37.1 Å². The lowest BCUT2D eigenvalue weighted by Gasteiger charge is -2.37. The van der Waals surface area contributed by atoms with Crippen molar-refractivity contribution in [2.24, 2.45) is 0 Å². The zero-order valence-electron chi connectivity index (χ0n) is 13.5. The van der Waals surface area contributed by atoms with Gasteiger partial charge in [-0.1, -0.05) is 48.0 Å². The van der Waals surface area contributed by atoms with Crippen molar-refractivity contribution in [3.05, 3.63) is 89.0 Å². The average Bonchev–Trinajstić information content (AvgIpc) is 3.12. The third-order valence-corrected chi connectivity index (χ3v) is 5.02. The fraction of sp³-hybridized carbons (Fsp3) is 0.250. The second kappa shape index (κ2) is 6.80. The normalized spacial score (nSPS) is 17.6. The number of rotatable bonds is 4. The van der Waals surface area contributed by atoms with Gasteiger partial charge in [0.25, 0.3) is 0 Å². The second-order valence-corrected chi connectivity index (χ2v) is 6.76. The highest BCUT2D eigenvalue weighted by Crippen LogP contribution is 2.32. The van der Waals surface area contributed by atoms with Gasteiger partial charge in [-0.25, -0.2) is 4.98 Å². The number of aromatic nitrogens is 2. The fourth-order valence-electron chi connectivity index (χ4n) is 3.53. The van der Waals surface area contributed by atoms with Gasteiger partial charge in [-0.15, -0.1) is 0 Å². The van der Waals surface area contributed by atoms with Crippen molar-refractivity contribution < 1.29 is 0 Å². The Kier molecular flexibility index (Phi) is 4.37. The van der Waals surface area contributed by atoms with Crippen molar-refractivity contribution in [1.82, 2.24) is 14.5 Å². The summed E-state index contributed by atoms with van der Waals surface area (Å²) < 4.78 is 2.17. The molecular formula is C20H20ClN3. The first-order chi connectivity index (χ1) is 11.8. The van der Waals surface area contributed by atoms with Crippen LogP contribution in [0, 0.1) is 0 Å². The molecule has 2 heterocycles. The fourth-order valence-corrected chi connectivity index (χ4v) is 3.65. The molecule has 0 fully saturated rings. The van der Waals surface area contributed by atoms with E-state index < -0.39 is 0 Å². The Labute approximate surface area is 147 Å². The van der Waals surface area contributed by atoms with Gasteiger partial charge in [-0.3, -0.25) is 4.90 Å². The first-order valence-electron chi connectivity index (χ1n) is 8.31. The van der Waals surface area contributed by atoms with Crippen molar-refractivity contribution in [2.45, 2.75) is 25.6 Å². The molecule has 0 amide bonds. The third-order valence-electron chi connectivity index (χ3n) is 4.77. The molecule has 0 spiro atoms. The zero-order valence-corrected chi connectivity index (χ0v) is 14.2. The maximum Gasteiger partial charge on any atom is 0.0946 e. The highest BCUT2D eigenvalue weighted by Gasteiger charge is 2.27. The zero-order chi connectivity index (χ0) is 16.4. The van der Waals surface area contributed by atoms with Crippen LogP contribution in [0.15, 0.2) is 67.3 Å². The predicted octanol–water partition coefficient (Wildman–Crippen LogP) is 4.34. The molecule has 2 aromatic carbocycles. The lowest BCUT2D eigenvalue weighted by atomic mass is 9.92. The van der Waals surface area contributed by atoms with Crippen LogP contribution in [-0.2, 0) is 19.5 Å². The molecule has 1 atom stereocenters. The van der Waals surface area contributed by atoms with Crippen molar-refractivity contribution in [2.75, 3.05) is 6.54 Å². The number of hydrogen-bond donors (Lipinski definition) is 0. The molecule has 0 N–H and O–H groups in total. The summed E-state index contributed by atoms with van der Waals surface area (Å²) in [5.74, 6) is 0. The van der Waals surface area contributed by atoms with Crippen molar-refractivity contribution >= 4 is 11.6 Å². The van der Waals surface area contributed by atoms with E-state index in [0.29, 0.717) is 6.04 Å². The molecular weight excluding hydrogens is 318 g/mol. The maximum absolute atomic E-state index is 6.02. The number of halogens is 1. The largest absolute Gasteiger partial charge is 0.336 e.